The van der Waals surface area contributed by atoms with E-state index in [9.17, 15) is 0 Å². The molecule has 0 heterocycles. The smallest absolute Gasteiger partial charge is 1.00 e. The molecule has 0 radical (unpaired) electrons. The third kappa shape index (κ3) is 18.2. The topological polar surface area (TPSA) is 74.6 Å². The van der Waals surface area contributed by atoms with Gasteiger partial charge >= 0.3 is 115 Å². The molecule has 0 spiro atoms. The van der Waals surface area contributed by atoms with Crippen LogP contribution in [0, 0.1) is 0 Å². The molecule has 0 atom stereocenters. The van der Waals surface area contributed by atoms with Crippen LogP contribution in [-0.2, 0) is 9.59 Å². The van der Waals surface area contributed by atoms with Crippen LogP contribution in [0.15, 0.2) is 0 Å². The van der Waals surface area contributed by atoms with Crippen LogP contribution in [-0.4, -0.2) is 22.2 Å². The summed E-state index contributed by atoms with van der Waals surface area (Å²) >= 11 is 0. The Balaban J connectivity index is -0.0000000208. The number of carboxylic acids is 2. The van der Waals surface area contributed by atoms with Crippen molar-refractivity contribution in [2.24, 2.45) is 0 Å². The third-order valence-electron chi connectivity index (χ3n) is 0.183. The zero-order chi connectivity index (χ0) is 5.15. The van der Waals surface area contributed by atoms with Gasteiger partial charge in [-0.05, 0) is 0 Å². The molecule has 44 valence electrons. The summed E-state index contributed by atoms with van der Waals surface area (Å²) in [6, 6.07) is 0. The molecule has 0 aromatic heterocycles. The number of halogens is 1. The molecule has 0 aromatic rings. The molecule has 2 N–H and O–H groups in total. The van der Waals surface area contributed by atoms with E-state index in [2.05, 4.69) is 0 Å². The van der Waals surface area contributed by atoms with E-state index in [1.165, 1.54) is 0 Å². The maximum absolute atomic E-state index is 9.10. The second kappa shape index (κ2) is 13.5. The quantitative estimate of drug-likeness (QED) is 0.264. The summed E-state index contributed by atoms with van der Waals surface area (Å²) in [5.74, 6) is -3.65. The van der Waals surface area contributed by atoms with Crippen LogP contribution in [0.2, 0.25) is 0 Å². The molecular weight excluding hydrogens is 293 g/mol. The SMILES string of the molecule is O=C(O)C(=O)O.[H-].[I-].[K+].[K+]. The predicted octanol–water partition coefficient (Wildman–Crippen LogP) is -9.72. The minimum absolute atomic E-state index is 0. The largest absolute Gasteiger partial charge is 1.00 e. The fraction of sp³-hybridized carbons (Fsp3) is 0. The molecular formula is C2H3IK2O4. The Kier molecular flexibility index (Phi) is 34.1. The maximum Gasteiger partial charge on any atom is 1.00 e. The summed E-state index contributed by atoms with van der Waals surface area (Å²) in [4.78, 5) is 18.2. The fourth-order valence-electron chi connectivity index (χ4n) is 0. The van der Waals surface area contributed by atoms with Gasteiger partial charge in [0, 0.05) is 0 Å². The van der Waals surface area contributed by atoms with Gasteiger partial charge in [0.2, 0.25) is 0 Å². The number of rotatable bonds is 0. The van der Waals surface area contributed by atoms with E-state index in [-0.39, 0.29) is 128 Å². The molecule has 0 saturated carbocycles. The van der Waals surface area contributed by atoms with Gasteiger partial charge in [0.1, 0.15) is 0 Å². The van der Waals surface area contributed by atoms with Crippen molar-refractivity contribution in [1.82, 2.24) is 0 Å². The molecule has 9 heavy (non-hydrogen) atoms. The van der Waals surface area contributed by atoms with Crippen molar-refractivity contribution in [3.8, 4) is 0 Å². The molecule has 0 aliphatic carbocycles. The van der Waals surface area contributed by atoms with Crippen molar-refractivity contribution < 1.29 is 148 Å². The Bertz CT molecular complexity index is 87.3. The van der Waals surface area contributed by atoms with Gasteiger partial charge in [0.15, 0.2) is 0 Å². The van der Waals surface area contributed by atoms with Crippen LogP contribution in [0.5, 0.6) is 0 Å². The standard InChI is InChI=1S/C2H2O4.HI.2K.H/c3-1(4)2(5)6;;;;/h(H,3,4)(H,5,6);1H;;;/q;;2*+1;-1/p-1. The van der Waals surface area contributed by atoms with Crippen molar-refractivity contribution in [2.45, 2.75) is 0 Å². The van der Waals surface area contributed by atoms with E-state index in [0.29, 0.717) is 0 Å². The Morgan fingerprint density at radius 1 is 1.00 bits per heavy atom. The van der Waals surface area contributed by atoms with Gasteiger partial charge in [-0.2, -0.15) is 0 Å². The third-order valence-corrected chi connectivity index (χ3v) is 0.183. The van der Waals surface area contributed by atoms with E-state index in [1.54, 1.807) is 0 Å². The van der Waals surface area contributed by atoms with Crippen molar-refractivity contribution in [3.05, 3.63) is 0 Å². The number of carbonyl (C=O) groups is 2. The van der Waals surface area contributed by atoms with Crippen molar-refractivity contribution in [3.63, 3.8) is 0 Å². The van der Waals surface area contributed by atoms with Gasteiger partial charge in [-0.25, -0.2) is 9.59 Å². The second-order valence-corrected chi connectivity index (χ2v) is 0.610. The van der Waals surface area contributed by atoms with E-state index in [4.69, 9.17) is 19.8 Å². The first kappa shape index (κ1) is 22.7. The summed E-state index contributed by atoms with van der Waals surface area (Å²) in [5, 5.41) is 14.8. The minimum atomic E-state index is -1.82. The average molecular weight is 296 g/mol. The van der Waals surface area contributed by atoms with Crippen LogP contribution in [0.1, 0.15) is 1.43 Å². The summed E-state index contributed by atoms with van der Waals surface area (Å²) in [6.07, 6.45) is 0. The summed E-state index contributed by atoms with van der Waals surface area (Å²) in [5.41, 5.74) is 0. The fourth-order valence-corrected chi connectivity index (χ4v) is 0. The first-order valence-corrected chi connectivity index (χ1v) is 1.11. The monoisotopic (exact) mass is 296 g/mol. The Hall–Kier alpha value is 2.94. The Morgan fingerprint density at radius 3 is 1.11 bits per heavy atom. The van der Waals surface area contributed by atoms with Crippen LogP contribution in [0.4, 0.5) is 0 Å². The summed E-state index contributed by atoms with van der Waals surface area (Å²) in [6.45, 7) is 0. The Labute approximate surface area is 155 Å². The molecule has 0 fully saturated rings. The molecule has 0 bridgehead atoms. The maximum atomic E-state index is 9.10. The van der Waals surface area contributed by atoms with Crippen LogP contribution in [0.3, 0.4) is 0 Å². The predicted molar refractivity (Wildman–Crippen MR) is 16.4 cm³/mol. The molecule has 4 nitrogen and oxygen atoms in total. The molecule has 7 heteroatoms. The van der Waals surface area contributed by atoms with E-state index in [1.807, 2.05) is 0 Å². The molecule has 0 aromatic carbocycles. The molecule has 0 amide bonds. The van der Waals surface area contributed by atoms with Crippen molar-refractivity contribution in [1.29, 1.82) is 0 Å². The number of hydrogen-bond donors (Lipinski definition) is 2. The summed E-state index contributed by atoms with van der Waals surface area (Å²) < 4.78 is 0. The zero-order valence-corrected chi connectivity index (χ0v) is 13.5. The molecule has 0 aliphatic rings. The number of aliphatic carboxylic acids is 2. The van der Waals surface area contributed by atoms with Crippen LogP contribution in [0.25, 0.3) is 0 Å². The van der Waals surface area contributed by atoms with Crippen LogP contribution >= 0.6 is 0 Å². The Morgan fingerprint density at radius 2 is 1.11 bits per heavy atom. The average Bonchev–Trinajstić information content (AvgIpc) is 1.36. The molecule has 0 unspecified atom stereocenters. The van der Waals surface area contributed by atoms with Gasteiger partial charge in [0.05, 0.1) is 0 Å². The van der Waals surface area contributed by atoms with Gasteiger partial charge in [-0.15, -0.1) is 0 Å². The van der Waals surface area contributed by atoms with Crippen molar-refractivity contribution >= 4 is 11.9 Å². The minimum Gasteiger partial charge on any atom is -1.00 e. The zero-order valence-electron chi connectivity index (χ0n) is 6.09. The molecule has 0 aliphatic heterocycles. The molecule has 0 rings (SSSR count). The normalized spacial score (nSPS) is 4.89. The summed E-state index contributed by atoms with van der Waals surface area (Å²) in [7, 11) is 0. The van der Waals surface area contributed by atoms with Gasteiger partial charge in [-0.1, -0.05) is 0 Å². The van der Waals surface area contributed by atoms with Crippen LogP contribution < -0.4 is 127 Å². The second-order valence-electron chi connectivity index (χ2n) is 0.610. The first-order chi connectivity index (χ1) is 2.64. The number of carboxylic acid groups (broad SMARTS) is 2. The van der Waals surface area contributed by atoms with E-state index in [0.717, 1.165) is 0 Å². The van der Waals surface area contributed by atoms with Crippen molar-refractivity contribution in [2.75, 3.05) is 0 Å². The van der Waals surface area contributed by atoms with E-state index >= 15 is 0 Å². The first-order valence-electron chi connectivity index (χ1n) is 1.11. The molecule has 0 saturated heterocycles. The van der Waals surface area contributed by atoms with Gasteiger partial charge in [0.25, 0.3) is 0 Å². The van der Waals surface area contributed by atoms with Gasteiger partial charge in [-0.3, -0.25) is 0 Å². The van der Waals surface area contributed by atoms with Gasteiger partial charge < -0.3 is 35.6 Å². The number of hydrogen-bond acceptors (Lipinski definition) is 2. The van der Waals surface area contributed by atoms with E-state index < -0.39 is 11.9 Å².